The number of rotatable bonds is 9. The van der Waals surface area contributed by atoms with Gasteiger partial charge in [0.2, 0.25) is 11.7 Å². The first-order chi connectivity index (χ1) is 19.3. The Morgan fingerprint density at radius 1 is 0.829 bits per heavy atom. The maximum absolute atomic E-state index is 13.1. The molecule has 41 heavy (non-hydrogen) atoms. The van der Waals surface area contributed by atoms with Crippen LogP contribution in [0.2, 0.25) is 0 Å². The molecule has 0 saturated carbocycles. The number of pyridine rings is 1. The zero-order chi connectivity index (χ0) is 28.8. The van der Waals surface area contributed by atoms with Gasteiger partial charge in [0.25, 0.3) is 0 Å². The number of carbonyl (C=O) groups excluding carboxylic acids is 2. The van der Waals surface area contributed by atoms with E-state index in [4.69, 9.17) is 23.7 Å². The molecule has 0 fully saturated rings. The number of nitrogens with zero attached hydrogens (tertiary/aromatic N) is 1. The van der Waals surface area contributed by atoms with Crippen molar-refractivity contribution in [1.29, 1.82) is 0 Å². The van der Waals surface area contributed by atoms with Gasteiger partial charge >= 0.3 is 5.97 Å². The lowest BCUT2D eigenvalue weighted by atomic mass is 9.97. The number of aryl methyl sites for hydroxylation is 1. The number of nitrogens with one attached hydrogen (secondary N) is 1. The second kappa shape index (κ2) is 13.3. The van der Waals surface area contributed by atoms with Gasteiger partial charge in [0.1, 0.15) is 0 Å². The minimum absolute atomic E-state index is 0. The smallest absolute Gasteiger partial charge is 0.308 e. The molecule has 4 aromatic rings. The fourth-order valence-corrected chi connectivity index (χ4v) is 4.29. The van der Waals surface area contributed by atoms with E-state index in [1.165, 1.54) is 27.2 Å². The van der Waals surface area contributed by atoms with Crippen LogP contribution in [0.15, 0.2) is 60.8 Å². The summed E-state index contributed by atoms with van der Waals surface area (Å²) in [7, 11) is 6.06. The highest BCUT2D eigenvalue weighted by Crippen LogP contribution is 2.40. The van der Waals surface area contributed by atoms with Crippen molar-refractivity contribution in [3.63, 3.8) is 0 Å². The summed E-state index contributed by atoms with van der Waals surface area (Å²) >= 11 is 0. The molecule has 1 amide bonds. The maximum Gasteiger partial charge on any atom is 0.308 e. The molecule has 4 rings (SSSR count). The summed E-state index contributed by atoms with van der Waals surface area (Å²) in [5.41, 5.74) is 4.60. The van der Waals surface area contributed by atoms with Crippen LogP contribution in [0.4, 0.5) is 5.69 Å². The Morgan fingerprint density at radius 2 is 1.49 bits per heavy atom. The average molecular weight is 561 g/mol. The highest BCUT2D eigenvalue weighted by molar-refractivity contribution is 6.09. The molecule has 1 aromatic heterocycles. The molecule has 214 valence electrons. The molecular formula is C31H32N2O8. The molecule has 10 heteroatoms. The van der Waals surface area contributed by atoms with E-state index < -0.39 is 5.97 Å². The van der Waals surface area contributed by atoms with Crippen molar-refractivity contribution in [2.24, 2.45) is 0 Å². The highest BCUT2D eigenvalue weighted by Gasteiger charge is 2.17. The molecule has 0 aliphatic rings. The SMILES string of the molecule is COc1ccc(-c2c(NC(=O)/C=C/c3cc(OC)c(OC(C)=O)c(OC)c3)cnc3ccc(C)cc23)cc1OC.O. The Kier molecular flexibility index (Phi) is 9.89. The first kappa shape index (κ1) is 30.5. The van der Waals surface area contributed by atoms with Gasteiger partial charge in [-0.15, -0.1) is 0 Å². The van der Waals surface area contributed by atoms with E-state index >= 15 is 0 Å². The fourth-order valence-electron chi connectivity index (χ4n) is 4.29. The Morgan fingerprint density at radius 3 is 2.10 bits per heavy atom. The van der Waals surface area contributed by atoms with E-state index in [0.717, 1.165) is 27.6 Å². The summed E-state index contributed by atoms with van der Waals surface area (Å²) in [5.74, 6) is 1.02. The number of aromatic nitrogens is 1. The molecule has 0 aliphatic carbocycles. The number of benzene rings is 3. The number of anilines is 1. The van der Waals surface area contributed by atoms with Crippen molar-refractivity contribution in [3.8, 4) is 39.9 Å². The van der Waals surface area contributed by atoms with Gasteiger partial charge in [0.05, 0.1) is 45.8 Å². The molecule has 0 aliphatic heterocycles. The number of ether oxygens (including phenoxy) is 5. The number of hydrogen-bond donors (Lipinski definition) is 1. The van der Waals surface area contributed by atoms with Crippen LogP contribution in [0.25, 0.3) is 28.1 Å². The van der Waals surface area contributed by atoms with Crippen molar-refractivity contribution in [2.75, 3.05) is 33.8 Å². The number of carbonyl (C=O) groups is 2. The van der Waals surface area contributed by atoms with Gasteiger partial charge in [-0.2, -0.15) is 0 Å². The lowest BCUT2D eigenvalue weighted by molar-refractivity contribution is -0.132. The third kappa shape index (κ3) is 6.74. The molecule has 0 bridgehead atoms. The molecule has 1 heterocycles. The first-order valence-electron chi connectivity index (χ1n) is 12.3. The van der Waals surface area contributed by atoms with Crippen molar-refractivity contribution >= 4 is 34.5 Å². The summed E-state index contributed by atoms with van der Waals surface area (Å²) in [5, 5.41) is 3.84. The molecule has 0 unspecified atom stereocenters. The van der Waals surface area contributed by atoms with Crippen LogP contribution in [0.1, 0.15) is 18.1 Å². The summed E-state index contributed by atoms with van der Waals surface area (Å²) in [6.45, 7) is 3.29. The maximum atomic E-state index is 13.1. The number of hydrogen-bond acceptors (Lipinski definition) is 8. The molecule has 3 N–H and O–H groups in total. The van der Waals surface area contributed by atoms with Crippen LogP contribution in [0.5, 0.6) is 28.7 Å². The van der Waals surface area contributed by atoms with Crippen LogP contribution in [0, 0.1) is 6.92 Å². The van der Waals surface area contributed by atoms with Crippen LogP contribution in [-0.4, -0.2) is 50.8 Å². The van der Waals surface area contributed by atoms with Gasteiger partial charge in [-0.3, -0.25) is 14.6 Å². The molecule has 0 saturated heterocycles. The summed E-state index contributed by atoms with van der Waals surface area (Å²) in [6, 6.07) is 14.8. The fraction of sp³-hybridized carbons (Fsp3) is 0.194. The normalized spacial score (nSPS) is 10.6. The van der Waals surface area contributed by atoms with E-state index in [2.05, 4.69) is 10.3 Å². The minimum Gasteiger partial charge on any atom is -0.493 e. The Labute approximate surface area is 237 Å². The van der Waals surface area contributed by atoms with Gasteiger partial charge < -0.3 is 34.5 Å². The third-order valence-corrected chi connectivity index (χ3v) is 6.11. The summed E-state index contributed by atoms with van der Waals surface area (Å²) < 4.78 is 26.9. The number of fused-ring (bicyclic) bond motifs is 1. The number of amides is 1. The van der Waals surface area contributed by atoms with Crippen molar-refractivity contribution < 1.29 is 38.7 Å². The second-order valence-corrected chi connectivity index (χ2v) is 8.81. The Hall–Kier alpha value is -5.09. The first-order valence-corrected chi connectivity index (χ1v) is 12.3. The monoisotopic (exact) mass is 560 g/mol. The van der Waals surface area contributed by atoms with E-state index in [-0.39, 0.29) is 17.1 Å². The van der Waals surface area contributed by atoms with Gasteiger partial charge in [-0.1, -0.05) is 17.7 Å². The van der Waals surface area contributed by atoms with Gasteiger partial charge in [0.15, 0.2) is 23.0 Å². The predicted octanol–water partition coefficient (Wildman–Crippen LogP) is 5.00. The molecule has 0 atom stereocenters. The van der Waals surface area contributed by atoms with E-state index in [0.29, 0.717) is 34.2 Å². The van der Waals surface area contributed by atoms with E-state index in [9.17, 15) is 9.59 Å². The lowest BCUT2D eigenvalue weighted by Gasteiger charge is -2.16. The molecule has 10 nitrogen and oxygen atoms in total. The summed E-state index contributed by atoms with van der Waals surface area (Å²) in [6.07, 6.45) is 4.63. The topological polar surface area (TPSA) is 137 Å². The predicted molar refractivity (Wildman–Crippen MR) is 157 cm³/mol. The quantitative estimate of drug-likeness (QED) is 0.172. The van der Waals surface area contributed by atoms with Crippen molar-refractivity contribution in [3.05, 3.63) is 71.9 Å². The van der Waals surface area contributed by atoms with Gasteiger partial charge in [0, 0.05) is 23.9 Å². The zero-order valence-corrected chi connectivity index (χ0v) is 23.7. The summed E-state index contributed by atoms with van der Waals surface area (Å²) in [4.78, 5) is 29.2. The minimum atomic E-state index is -0.510. The second-order valence-electron chi connectivity index (χ2n) is 8.81. The molecule has 0 radical (unpaired) electrons. The molecule has 3 aromatic carbocycles. The molecular weight excluding hydrogens is 528 g/mol. The largest absolute Gasteiger partial charge is 0.493 e. The van der Waals surface area contributed by atoms with Gasteiger partial charge in [-0.05, 0) is 60.5 Å². The molecule has 0 spiro atoms. The van der Waals surface area contributed by atoms with Gasteiger partial charge in [-0.25, -0.2) is 0 Å². The van der Waals surface area contributed by atoms with Crippen LogP contribution >= 0.6 is 0 Å². The van der Waals surface area contributed by atoms with E-state index in [1.807, 2.05) is 43.3 Å². The van der Waals surface area contributed by atoms with E-state index in [1.54, 1.807) is 38.6 Å². The Balaban J connectivity index is 0.00000462. The van der Waals surface area contributed by atoms with Crippen LogP contribution < -0.4 is 29.0 Å². The van der Waals surface area contributed by atoms with Crippen LogP contribution in [0.3, 0.4) is 0 Å². The standard InChI is InChI=1S/C31H30N2O7.H2O/c1-18-7-10-23-22(13-18)30(21-9-11-25(36-3)26(16-21)37-4)24(17-32-23)33-29(35)12-8-20-14-27(38-5)31(40-19(2)34)28(15-20)39-6;/h7-17H,1-6H3,(H,33,35);1H2/b12-8+;. The van der Waals surface area contributed by atoms with Crippen molar-refractivity contribution in [2.45, 2.75) is 13.8 Å². The third-order valence-electron chi connectivity index (χ3n) is 6.11. The number of esters is 1. The van der Waals surface area contributed by atoms with Crippen LogP contribution in [-0.2, 0) is 9.59 Å². The lowest BCUT2D eigenvalue weighted by Crippen LogP contribution is -2.09. The zero-order valence-electron chi connectivity index (χ0n) is 23.7. The number of methoxy groups -OCH3 is 4. The highest BCUT2D eigenvalue weighted by atomic mass is 16.6. The van der Waals surface area contributed by atoms with Crippen molar-refractivity contribution in [1.82, 2.24) is 4.98 Å². The average Bonchev–Trinajstić information content (AvgIpc) is 2.95. The Bertz CT molecular complexity index is 1590.